The second-order valence-corrected chi connectivity index (χ2v) is 14.2. The summed E-state index contributed by atoms with van der Waals surface area (Å²) in [5.74, 6) is 4.82. The minimum absolute atomic E-state index is 0.00985. The van der Waals surface area contributed by atoms with Gasteiger partial charge in [-0.15, -0.1) is 0 Å². The number of ether oxygens (including phenoxy) is 4. The molecule has 2 unspecified atom stereocenters. The van der Waals surface area contributed by atoms with Crippen molar-refractivity contribution in [2.75, 3.05) is 26.4 Å². The van der Waals surface area contributed by atoms with Crippen LogP contribution in [0.4, 0.5) is 0 Å². The first-order chi connectivity index (χ1) is 16.6. The normalized spacial score (nSPS) is 35.3. The number of rotatable bonds is 9. The van der Waals surface area contributed by atoms with Crippen LogP contribution in [0.5, 0.6) is 11.5 Å². The van der Waals surface area contributed by atoms with E-state index in [-0.39, 0.29) is 28.5 Å². The molecule has 0 N–H and O–H groups in total. The van der Waals surface area contributed by atoms with Gasteiger partial charge in [0.2, 0.25) is 0 Å². The van der Waals surface area contributed by atoms with E-state index in [9.17, 15) is 0 Å². The molecule has 4 heteroatoms. The highest BCUT2D eigenvalue weighted by atomic mass is 16.6. The van der Waals surface area contributed by atoms with Gasteiger partial charge in [-0.25, -0.2) is 0 Å². The maximum atomic E-state index is 6.93. The van der Waals surface area contributed by atoms with E-state index in [2.05, 4.69) is 47.6 Å². The van der Waals surface area contributed by atoms with Crippen molar-refractivity contribution in [2.24, 2.45) is 17.8 Å². The second kappa shape index (κ2) is 8.38. The van der Waals surface area contributed by atoms with Crippen LogP contribution in [0, 0.1) is 17.8 Å². The molecule has 0 radical (unpaired) electrons. The Morgan fingerprint density at radius 3 is 1.83 bits per heavy atom. The molecule has 1 aromatic carbocycles. The van der Waals surface area contributed by atoms with Gasteiger partial charge in [0, 0.05) is 16.5 Å². The van der Waals surface area contributed by atoms with Crippen LogP contribution >= 0.6 is 0 Å². The third-order valence-corrected chi connectivity index (χ3v) is 9.83. The topological polar surface area (TPSA) is 43.5 Å². The molecule has 6 fully saturated rings. The molecular weight excluding hydrogens is 436 g/mol. The minimum Gasteiger partial charge on any atom is -0.490 e. The van der Waals surface area contributed by atoms with Crippen LogP contribution in [0.15, 0.2) is 6.07 Å². The van der Waals surface area contributed by atoms with Crippen molar-refractivity contribution >= 4 is 0 Å². The zero-order valence-corrected chi connectivity index (χ0v) is 22.9. The van der Waals surface area contributed by atoms with Gasteiger partial charge in [0.1, 0.15) is 36.9 Å². The van der Waals surface area contributed by atoms with Crippen LogP contribution in [-0.4, -0.2) is 38.6 Å². The first-order valence-corrected chi connectivity index (χ1v) is 14.3. The Kier molecular flexibility index (Phi) is 5.77. The highest BCUT2D eigenvalue weighted by Gasteiger charge is 2.54. The largest absolute Gasteiger partial charge is 0.490 e. The van der Waals surface area contributed by atoms with Gasteiger partial charge in [0.25, 0.3) is 0 Å². The summed E-state index contributed by atoms with van der Waals surface area (Å²) in [5, 5.41) is 0. The first-order valence-electron chi connectivity index (χ1n) is 14.3. The van der Waals surface area contributed by atoms with Crippen LogP contribution < -0.4 is 9.47 Å². The van der Waals surface area contributed by atoms with Crippen molar-refractivity contribution in [3.8, 4) is 11.5 Å². The smallest absolute Gasteiger partial charge is 0.130 e. The van der Waals surface area contributed by atoms with Crippen molar-refractivity contribution in [1.82, 2.24) is 0 Å². The summed E-state index contributed by atoms with van der Waals surface area (Å²) in [6, 6.07) is 2.42. The number of hydrogen-bond acceptors (Lipinski definition) is 4. The van der Waals surface area contributed by atoms with E-state index in [0.29, 0.717) is 13.2 Å². The number of benzene rings is 1. The second-order valence-electron chi connectivity index (χ2n) is 14.2. The average molecular weight is 483 g/mol. The summed E-state index contributed by atoms with van der Waals surface area (Å²) in [6.07, 6.45) is 9.86. The standard InChI is InChI=1S/C31H46O4/c1-7-30(5,6)27-25(34-17-22-15-32-22)11-24(29(2,3)4)26(28(27)35-18-23-16-33-23)31-12-19-8-20(13-31)10-21(9-19)14-31/h11,19-23H,7-10,12-18H2,1-6H3. The molecule has 35 heavy (non-hydrogen) atoms. The molecule has 0 aromatic heterocycles. The molecule has 0 amide bonds. The predicted molar refractivity (Wildman–Crippen MR) is 139 cm³/mol. The van der Waals surface area contributed by atoms with Gasteiger partial charge in [0.05, 0.1) is 13.2 Å². The first kappa shape index (κ1) is 24.1. The lowest BCUT2D eigenvalue weighted by Crippen LogP contribution is -2.49. The lowest BCUT2D eigenvalue weighted by molar-refractivity contribution is -0.00739. The van der Waals surface area contributed by atoms with Crippen molar-refractivity contribution in [3.63, 3.8) is 0 Å². The molecule has 2 aliphatic heterocycles. The zero-order valence-electron chi connectivity index (χ0n) is 22.9. The lowest BCUT2D eigenvalue weighted by atomic mass is 9.47. The SMILES string of the molecule is CCC(C)(C)c1c(OCC2CO2)cc(C(C)(C)C)c(C23CC4CC(CC(C4)C2)C3)c1OCC1CO1. The van der Waals surface area contributed by atoms with E-state index in [0.717, 1.165) is 48.9 Å². The minimum atomic E-state index is -0.0487. The van der Waals surface area contributed by atoms with Gasteiger partial charge in [-0.2, -0.15) is 0 Å². The fraction of sp³-hybridized carbons (Fsp3) is 0.806. The Morgan fingerprint density at radius 2 is 1.37 bits per heavy atom. The van der Waals surface area contributed by atoms with Gasteiger partial charge in [-0.1, -0.05) is 41.5 Å². The van der Waals surface area contributed by atoms with E-state index in [4.69, 9.17) is 18.9 Å². The quantitative estimate of drug-likeness (QED) is 0.368. The lowest BCUT2D eigenvalue weighted by Gasteiger charge is -2.58. The molecule has 1 aromatic rings. The van der Waals surface area contributed by atoms with E-state index in [1.54, 1.807) is 0 Å². The fourth-order valence-electron chi connectivity index (χ4n) is 7.93. The Hall–Kier alpha value is -1.26. The average Bonchev–Trinajstić information content (AvgIpc) is 3.69. The fourth-order valence-corrected chi connectivity index (χ4v) is 7.93. The summed E-state index contributed by atoms with van der Waals surface area (Å²) in [5.41, 5.74) is 4.46. The Balaban J connectivity index is 1.57. The van der Waals surface area contributed by atoms with E-state index in [1.807, 2.05) is 0 Å². The molecule has 4 saturated carbocycles. The zero-order chi connectivity index (χ0) is 24.6. The Labute approximate surface area is 212 Å². The van der Waals surface area contributed by atoms with Crippen molar-refractivity contribution in [2.45, 2.75) is 115 Å². The molecule has 4 bridgehead atoms. The number of hydrogen-bond donors (Lipinski definition) is 0. The molecule has 7 rings (SSSR count). The Morgan fingerprint density at radius 1 is 0.857 bits per heavy atom. The summed E-state index contributed by atoms with van der Waals surface area (Å²) in [4.78, 5) is 0. The van der Waals surface area contributed by atoms with Crippen molar-refractivity contribution in [3.05, 3.63) is 22.8 Å². The highest BCUT2D eigenvalue weighted by Crippen LogP contribution is 2.64. The highest BCUT2D eigenvalue weighted by molar-refractivity contribution is 5.62. The Bertz CT molecular complexity index is 928. The molecule has 194 valence electrons. The van der Waals surface area contributed by atoms with Gasteiger partial charge in [0.15, 0.2) is 0 Å². The maximum absolute atomic E-state index is 6.93. The molecule has 6 aliphatic rings. The van der Waals surface area contributed by atoms with E-state index >= 15 is 0 Å². The van der Waals surface area contributed by atoms with Crippen LogP contribution in [0.2, 0.25) is 0 Å². The summed E-state index contributed by atoms with van der Waals surface area (Å²) in [6.45, 7) is 17.0. The molecular formula is C31H46O4. The van der Waals surface area contributed by atoms with Crippen LogP contribution in [0.1, 0.15) is 103 Å². The molecule has 2 saturated heterocycles. The van der Waals surface area contributed by atoms with Gasteiger partial charge < -0.3 is 18.9 Å². The summed E-state index contributed by atoms with van der Waals surface area (Å²) >= 11 is 0. The monoisotopic (exact) mass is 482 g/mol. The van der Waals surface area contributed by atoms with Gasteiger partial charge >= 0.3 is 0 Å². The summed E-state index contributed by atoms with van der Waals surface area (Å²) < 4.78 is 24.6. The molecule has 0 spiro atoms. The molecule has 2 atom stereocenters. The van der Waals surface area contributed by atoms with Gasteiger partial charge in [-0.3, -0.25) is 0 Å². The van der Waals surface area contributed by atoms with Crippen LogP contribution in [-0.2, 0) is 25.7 Å². The molecule has 4 nitrogen and oxygen atoms in total. The third-order valence-electron chi connectivity index (χ3n) is 9.83. The predicted octanol–water partition coefficient (Wildman–Crippen LogP) is 6.69. The number of epoxide rings is 2. The van der Waals surface area contributed by atoms with Crippen molar-refractivity contribution in [1.29, 1.82) is 0 Å². The van der Waals surface area contributed by atoms with Crippen molar-refractivity contribution < 1.29 is 18.9 Å². The van der Waals surface area contributed by atoms with E-state index < -0.39 is 0 Å². The maximum Gasteiger partial charge on any atom is 0.130 e. The molecule has 2 heterocycles. The van der Waals surface area contributed by atoms with E-state index in [1.165, 1.54) is 55.2 Å². The summed E-state index contributed by atoms with van der Waals surface area (Å²) in [7, 11) is 0. The molecule has 4 aliphatic carbocycles. The third kappa shape index (κ3) is 4.52. The van der Waals surface area contributed by atoms with Gasteiger partial charge in [-0.05, 0) is 85.2 Å². The van der Waals surface area contributed by atoms with Crippen LogP contribution in [0.3, 0.4) is 0 Å². The van der Waals surface area contributed by atoms with Crippen LogP contribution in [0.25, 0.3) is 0 Å².